The van der Waals surface area contributed by atoms with Crippen LogP contribution in [0.15, 0.2) is 60.8 Å². The third kappa shape index (κ3) is 5.18. The number of fused-ring (bicyclic) bond motifs is 1. The van der Waals surface area contributed by atoms with Gasteiger partial charge in [0.05, 0.1) is 16.6 Å². The van der Waals surface area contributed by atoms with Gasteiger partial charge in [-0.1, -0.05) is 12.1 Å². The van der Waals surface area contributed by atoms with Crippen LogP contribution in [0.2, 0.25) is 0 Å². The molecule has 11 heteroatoms. The van der Waals surface area contributed by atoms with E-state index in [-0.39, 0.29) is 17.7 Å². The number of hydrogen-bond donors (Lipinski definition) is 2. The standard InChI is InChI=1S/C24H16F6N4O/c1-12-2-4-18(10-19(12)13-3-5-20-15(6-13)11-32-22(31)34-20)33-21(35)14-7-16(23(25,26)27)9-17(8-14)24(28,29)30/h2-11H,1H3,(H,33,35)(H2,31,32,34). The summed E-state index contributed by atoms with van der Waals surface area (Å²) in [7, 11) is 0. The van der Waals surface area contributed by atoms with Gasteiger partial charge in [0.1, 0.15) is 0 Å². The number of halogens is 6. The fourth-order valence-electron chi connectivity index (χ4n) is 3.52. The average molecular weight is 490 g/mol. The summed E-state index contributed by atoms with van der Waals surface area (Å²) < 4.78 is 78.8. The second kappa shape index (κ2) is 8.57. The van der Waals surface area contributed by atoms with Gasteiger partial charge >= 0.3 is 12.4 Å². The second-order valence-electron chi connectivity index (χ2n) is 7.78. The van der Waals surface area contributed by atoms with Gasteiger partial charge < -0.3 is 11.1 Å². The Labute approximate surface area is 194 Å². The minimum absolute atomic E-state index is 0.0299. The molecule has 0 aliphatic carbocycles. The molecule has 0 saturated carbocycles. The van der Waals surface area contributed by atoms with Gasteiger partial charge in [0.15, 0.2) is 0 Å². The molecular weight excluding hydrogens is 474 g/mol. The number of nitrogens with two attached hydrogens (primary N) is 1. The van der Waals surface area contributed by atoms with Gasteiger partial charge in [-0.25, -0.2) is 9.97 Å². The van der Waals surface area contributed by atoms with Crippen molar-refractivity contribution in [2.24, 2.45) is 0 Å². The van der Waals surface area contributed by atoms with E-state index in [1.807, 2.05) is 6.92 Å². The number of nitrogens with zero attached hydrogens (tertiary/aromatic N) is 2. The Morgan fingerprint density at radius 2 is 1.54 bits per heavy atom. The van der Waals surface area contributed by atoms with Crippen LogP contribution in [0.1, 0.15) is 27.0 Å². The highest BCUT2D eigenvalue weighted by Crippen LogP contribution is 2.36. The molecule has 0 saturated heterocycles. The number of benzene rings is 3. The second-order valence-corrected chi connectivity index (χ2v) is 7.78. The van der Waals surface area contributed by atoms with E-state index in [1.165, 1.54) is 6.07 Å². The Hall–Kier alpha value is -4.15. The number of aromatic nitrogens is 2. The van der Waals surface area contributed by atoms with Gasteiger partial charge in [-0.2, -0.15) is 26.3 Å². The largest absolute Gasteiger partial charge is 0.416 e. The van der Waals surface area contributed by atoms with E-state index in [2.05, 4.69) is 15.3 Å². The van der Waals surface area contributed by atoms with Crippen molar-refractivity contribution >= 4 is 28.4 Å². The fraction of sp³-hybridized carbons (Fsp3) is 0.125. The van der Waals surface area contributed by atoms with Crippen LogP contribution in [-0.4, -0.2) is 15.9 Å². The summed E-state index contributed by atoms with van der Waals surface area (Å²) in [5.74, 6) is -0.992. The number of anilines is 2. The van der Waals surface area contributed by atoms with Crippen LogP contribution in [0.4, 0.5) is 38.0 Å². The van der Waals surface area contributed by atoms with Crippen molar-refractivity contribution in [2.75, 3.05) is 11.1 Å². The lowest BCUT2D eigenvalue weighted by atomic mass is 9.98. The molecule has 1 amide bonds. The van der Waals surface area contributed by atoms with Gasteiger partial charge in [0.25, 0.3) is 5.91 Å². The lowest BCUT2D eigenvalue weighted by molar-refractivity contribution is -0.143. The fourth-order valence-corrected chi connectivity index (χ4v) is 3.52. The number of carbonyl (C=O) groups is 1. The SMILES string of the molecule is Cc1ccc(NC(=O)c2cc(C(F)(F)F)cc(C(F)(F)F)c2)cc1-c1ccc2nc(N)ncc2c1. The number of amides is 1. The van der Waals surface area contributed by atoms with Crippen molar-refractivity contribution < 1.29 is 31.1 Å². The van der Waals surface area contributed by atoms with E-state index in [9.17, 15) is 31.1 Å². The number of rotatable bonds is 3. The molecule has 0 atom stereocenters. The summed E-state index contributed by atoms with van der Waals surface area (Å²) in [6.45, 7) is 1.81. The first-order valence-electron chi connectivity index (χ1n) is 10.1. The molecule has 1 heterocycles. The molecule has 0 fully saturated rings. The third-order valence-electron chi connectivity index (χ3n) is 5.25. The van der Waals surface area contributed by atoms with Crippen molar-refractivity contribution in [3.8, 4) is 11.1 Å². The van der Waals surface area contributed by atoms with Gasteiger partial charge in [0.2, 0.25) is 5.95 Å². The van der Waals surface area contributed by atoms with Crippen molar-refractivity contribution in [2.45, 2.75) is 19.3 Å². The summed E-state index contributed by atoms with van der Waals surface area (Å²) in [5, 5.41) is 3.09. The highest BCUT2D eigenvalue weighted by Gasteiger charge is 2.37. The van der Waals surface area contributed by atoms with E-state index in [0.717, 1.165) is 11.1 Å². The summed E-state index contributed by atoms with van der Waals surface area (Å²) in [6, 6.07) is 10.8. The van der Waals surface area contributed by atoms with Gasteiger partial charge in [0, 0.05) is 22.8 Å². The number of hydrogen-bond acceptors (Lipinski definition) is 4. The summed E-state index contributed by atoms with van der Waals surface area (Å²) in [6.07, 6.45) is -8.57. The maximum Gasteiger partial charge on any atom is 0.416 e. The predicted molar refractivity (Wildman–Crippen MR) is 119 cm³/mol. The van der Waals surface area contributed by atoms with Gasteiger partial charge in [-0.3, -0.25) is 4.79 Å². The Kier molecular flexibility index (Phi) is 5.87. The quantitative estimate of drug-likeness (QED) is 0.322. The maximum absolute atomic E-state index is 13.1. The lowest BCUT2D eigenvalue weighted by Crippen LogP contribution is -2.17. The molecule has 35 heavy (non-hydrogen) atoms. The first-order chi connectivity index (χ1) is 16.3. The summed E-state index contributed by atoms with van der Waals surface area (Å²) in [4.78, 5) is 20.7. The van der Waals surface area contributed by atoms with Crippen molar-refractivity contribution in [3.63, 3.8) is 0 Å². The van der Waals surface area contributed by atoms with Crippen LogP contribution in [0.25, 0.3) is 22.0 Å². The molecular formula is C24H16F6N4O. The van der Waals surface area contributed by atoms with Crippen molar-refractivity contribution in [1.82, 2.24) is 9.97 Å². The Morgan fingerprint density at radius 3 is 2.17 bits per heavy atom. The zero-order valence-electron chi connectivity index (χ0n) is 17.9. The molecule has 0 aliphatic rings. The minimum atomic E-state index is -5.06. The van der Waals surface area contributed by atoms with Crippen LogP contribution < -0.4 is 11.1 Å². The molecule has 0 unspecified atom stereocenters. The van der Waals surface area contributed by atoms with Crippen molar-refractivity contribution in [1.29, 1.82) is 0 Å². The topological polar surface area (TPSA) is 80.9 Å². The highest BCUT2D eigenvalue weighted by molar-refractivity contribution is 6.05. The Balaban J connectivity index is 1.69. The lowest BCUT2D eigenvalue weighted by Gasteiger charge is -2.15. The number of alkyl halides is 6. The minimum Gasteiger partial charge on any atom is -0.368 e. The van der Waals surface area contributed by atoms with Crippen LogP contribution in [0.3, 0.4) is 0 Å². The van der Waals surface area contributed by atoms with Gasteiger partial charge in [-0.05, 0) is 66.1 Å². The van der Waals surface area contributed by atoms with E-state index in [0.29, 0.717) is 28.6 Å². The monoisotopic (exact) mass is 490 g/mol. The first kappa shape index (κ1) is 24.0. The molecule has 180 valence electrons. The van der Waals surface area contributed by atoms with Crippen molar-refractivity contribution in [3.05, 3.63) is 83.0 Å². The Morgan fingerprint density at radius 1 is 0.886 bits per heavy atom. The number of nitrogens with one attached hydrogen (secondary N) is 1. The molecule has 0 spiro atoms. The number of nitrogen functional groups attached to an aromatic ring is 1. The maximum atomic E-state index is 13.1. The van der Waals surface area contributed by atoms with Crippen LogP contribution in [-0.2, 0) is 12.4 Å². The Bertz CT molecular complexity index is 1410. The molecule has 3 N–H and O–H groups in total. The smallest absolute Gasteiger partial charge is 0.368 e. The molecule has 5 nitrogen and oxygen atoms in total. The molecule has 4 aromatic rings. The van der Waals surface area contributed by atoms with E-state index in [4.69, 9.17) is 5.73 Å². The highest BCUT2D eigenvalue weighted by atomic mass is 19.4. The van der Waals surface area contributed by atoms with Gasteiger partial charge in [-0.15, -0.1) is 0 Å². The predicted octanol–water partition coefficient (Wildman–Crippen LogP) is 6.48. The molecule has 4 rings (SSSR count). The zero-order valence-corrected chi connectivity index (χ0v) is 17.9. The van der Waals surface area contributed by atoms with Crippen LogP contribution >= 0.6 is 0 Å². The number of carbonyl (C=O) groups excluding carboxylic acids is 1. The molecule has 0 bridgehead atoms. The molecule has 0 aliphatic heterocycles. The van der Waals surface area contributed by atoms with Crippen LogP contribution in [0, 0.1) is 6.92 Å². The van der Waals surface area contributed by atoms with Crippen LogP contribution in [0.5, 0.6) is 0 Å². The molecule has 0 radical (unpaired) electrons. The zero-order chi connectivity index (χ0) is 25.5. The average Bonchev–Trinajstić information content (AvgIpc) is 2.78. The number of aryl methyl sites for hydroxylation is 1. The summed E-state index contributed by atoms with van der Waals surface area (Å²) in [5.41, 5.74) is 4.73. The molecule has 3 aromatic carbocycles. The normalized spacial score (nSPS) is 12.1. The molecule has 1 aromatic heterocycles. The van der Waals surface area contributed by atoms with E-state index >= 15 is 0 Å². The van der Waals surface area contributed by atoms with E-state index < -0.39 is 35.0 Å². The summed E-state index contributed by atoms with van der Waals surface area (Å²) >= 11 is 0. The third-order valence-corrected chi connectivity index (χ3v) is 5.25. The first-order valence-corrected chi connectivity index (χ1v) is 10.1. The van der Waals surface area contributed by atoms with E-state index in [1.54, 1.807) is 36.5 Å².